The highest BCUT2D eigenvalue weighted by molar-refractivity contribution is 7.91. The Labute approximate surface area is 134 Å². The molecular formula is C14H18N2O6S. The number of nitrogens with two attached hydrogens (primary N) is 1. The number of methoxy groups -OCH3 is 2. The number of primary sulfonamides is 1. The van der Waals surface area contributed by atoms with Crippen molar-refractivity contribution in [3.05, 3.63) is 29.8 Å². The number of hydrogen-bond donors (Lipinski definition) is 1. The van der Waals surface area contributed by atoms with Crippen LogP contribution < -0.4 is 9.88 Å². The standard InChI is InChI=1S/C14H18N2O6S/c1-21-11-5-3-10(4-6-11)12(17)16-8-7-14(9-16,13(18)22-2)23(15,19)20/h3-6H,7-9H2,1-2H3,(H2,15,19,20). The summed E-state index contributed by atoms with van der Waals surface area (Å²) in [6, 6.07) is 6.37. The number of rotatable bonds is 4. The SMILES string of the molecule is COC(=O)C1(S(N)(=O)=O)CCN(C(=O)c2ccc(OC)cc2)C1. The molecule has 1 aliphatic rings. The van der Waals surface area contributed by atoms with E-state index in [1.807, 2.05) is 0 Å². The molecule has 0 radical (unpaired) electrons. The van der Waals surface area contributed by atoms with E-state index >= 15 is 0 Å². The van der Waals surface area contributed by atoms with Crippen LogP contribution in [0.25, 0.3) is 0 Å². The van der Waals surface area contributed by atoms with E-state index in [0.29, 0.717) is 11.3 Å². The van der Waals surface area contributed by atoms with E-state index in [0.717, 1.165) is 7.11 Å². The van der Waals surface area contributed by atoms with Gasteiger partial charge in [0.2, 0.25) is 14.8 Å². The third-order valence-electron chi connectivity index (χ3n) is 3.96. The van der Waals surface area contributed by atoms with Gasteiger partial charge in [-0.2, -0.15) is 0 Å². The van der Waals surface area contributed by atoms with Crippen LogP contribution in [-0.4, -0.2) is 57.3 Å². The smallest absolute Gasteiger partial charge is 0.330 e. The highest BCUT2D eigenvalue weighted by Gasteiger charge is 2.55. The molecular weight excluding hydrogens is 324 g/mol. The summed E-state index contributed by atoms with van der Waals surface area (Å²) in [5.41, 5.74) is 0.362. The Morgan fingerprint density at radius 3 is 2.30 bits per heavy atom. The van der Waals surface area contributed by atoms with Crippen molar-refractivity contribution in [3.8, 4) is 5.75 Å². The van der Waals surface area contributed by atoms with Crippen molar-refractivity contribution in [1.82, 2.24) is 4.90 Å². The van der Waals surface area contributed by atoms with Crippen molar-refractivity contribution in [2.24, 2.45) is 5.14 Å². The van der Waals surface area contributed by atoms with Crippen LogP contribution in [0.1, 0.15) is 16.8 Å². The van der Waals surface area contributed by atoms with Crippen LogP contribution in [0.5, 0.6) is 5.75 Å². The van der Waals surface area contributed by atoms with Gasteiger partial charge in [0.25, 0.3) is 5.91 Å². The summed E-state index contributed by atoms with van der Waals surface area (Å²) >= 11 is 0. The van der Waals surface area contributed by atoms with Crippen LogP contribution >= 0.6 is 0 Å². The minimum absolute atomic E-state index is 0.0936. The van der Waals surface area contributed by atoms with E-state index in [2.05, 4.69) is 4.74 Å². The van der Waals surface area contributed by atoms with Gasteiger partial charge >= 0.3 is 5.97 Å². The van der Waals surface area contributed by atoms with E-state index in [1.54, 1.807) is 24.3 Å². The third kappa shape index (κ3) is 3.02. The first-order chi connectivity index (χ1) is 10.7. The van der Waals surface area contributed by atoms with Gasteiger partial charge in [-0.25, -0.2) is 13.6 Å². The molecule has 0 aliphatic carbocycles. The predicted octanol–water partition coefficient (Wildman–Crippen LogP) is -0.259. The van der Waals surface area contributed by atoms with Gasteiger partial charge in [0, 0.05) is 12.1 Å². The molecule has 8 nitrogen and oxygen atoms in total. The van der Waals surface area contributed by atoms with Gasteiger partial charge in [0.05, 0.1) is 20.8 Å². The molecule has 1 fully saturated rings. The van der Waals surface area contributed by atoms with Crippen LogP contribution in [0.15, 0.2) is 24.3 Å². The third-order valence-corrected chi connectivity index (χ3v) is 5.55. The molecule has 1 aliphatic heterocycles. The first-order valence-corrected chi connectivity index (χ1v) is 8.34. The average Bonchev–Trinajstić information content (AvgIpc) is 3.00. The Morgan fingerprint density at radius 2 is 1.83 bits per heavy atom. The molecule has 1 aromatic rings. The number of esters is 1. The number of carbonyl (C=O) groups excluding carboxylic acids is 2. The number of nitrogens with zero attached hydrogens (tertiary/aromatic N) is 1. The summed E-state index contributed by atoms with van der Waals surface area (Å²) in [6.45, 7) is -0.236. The molecule has 1 aromatic carbocycles. The number of likely N-dealkylation sites (tertiary alicyclic amines) is 1. The normalized spacial score (nSPS) is 21.1. The zero-order valence-electron chi connectivity index (χ0n) is 12.8. The van der Waals surface area contributed by atoms with E-state index < -0.39 is 20.7 Å². The minimum atomic E-state index is -4.22. The van der Waals surface area contributed by atoms with Crippen molar-refractivity contribution in [2.75, 3.05) is 27.3 Å². The Kier molecular flexibility index (Phi) is 4.62. The largest absolute Gasteiger partial charge is 0.497 e. The summed E-state index contributed by atoms with van der Waals surface area (Å²) in [6.07, 6.45) is -0.0968. The molecule has 1 atom stereocenters. The Morgan fingerprint density at radius 1 is 1.22 bits per heavy atom. The monoisotopic (exact) mass is 342 g/mol. The van der Waals surface area contributed by atoms with Gasteiger partial charge in [0.15, 0.2) is 0 Å². The zero-order chi connectivity index (χ0) is 17.3. The second kappa shape index (κ2) is 6.17. The molecule has 2 N–H and O–H groups in total. The number of carbonyl (C=O) groups is 2. The second-order valence-electron chi connectivity index (χ2n) is 5.24. The predicted molar refractivity (Wildman–Crippen MR) is 81.4 cm³/mol. The molecule has 0 aromatic heterocycles. The number of benzene rings is 1. The lowest BCUT2D eigenvalue weighted by Crippen LogP contribution is -2.53. The fraction of sp³-hybridized carbons (Fsp3) is 0.429. The van der Waals surface area contributed by atoms with Crippen LogP contribution in [0.3, 0.4) is 0 Å². The maximum absolute atomic E-state index is 12.5. The molecule has 1 amide bonds. The van der Waals surface area contributed by atoms with Crippen molar-refractivity contribution in [3.63, 3.8) is 0 Å². The first-order valence-electron chi connectivity index (χ1n) is 6.79. The van der Waals surface area contributed by atoms with Gasteiger partial charge in [-0.1, -0.05) is 0 Å². The fourth-order valence-electron chi connectivity index (χ4n) is 2.57. The summed E-state index contributed by atoms with van der Waals surface area (Å²) < 4.78 is 31.4. The van der Waals surface area contributed by atoms with Gasteiger partial charge in [-0.3, -0.25) is 9.59 Å². The van der Waals surface area contributed by atoms with Gasteiger partial charge in [-0.05, 0) is 30.7 Å². The van der Waals surface area contributed by atoms with E-state index in [9.17, 15) is 18.0 Å². The number of hydrogen-bond acceptors (Lipinski definition) is 6. The second-order valence-corrected chi connectivity index (χ2v) is 7.11. The number of sulfonamides is 1. The lowest BCUT2D eigenvalue weighted by Gasteiger charge is -2.24. The van der Waals surface area contributed by atoms with Gasteiger partial charge in [0.1, 0.15) is 5.75 Å². The number of amides is 1. The summed E-state index contributed by atoms with van der Waals surface area (Å²) in [4.78, 5) is 25.7. The van der Waals surface area contributed by atoms with Crippen LogP contribution in [0.2, 0.25) is 0 Å². The lowest BCUT2D eigenvalue weighted by molar-refractivity contribution is -0.143. The topological polar surface area (TPSA) is 116 Å². The maximum Gasteiger partial charge on any atom is 0.330 e. The quantitative estimate of drug-likeness (QED) is 0.754. The Bertz CT molecular complexity index is 715. The van der Waals surface area contributed by atoms with Gasteiger partial charge < -0.3 is 14.4 Å². The molecule has 2 rings (SSSR count). The Hall–Kier alpha value is -2.13. The molecule has 1 saturated heterocycles. The molecule has 0 saturated carbocycles. The van der Waals surface area contributed by atoms with Crippen molar-refractivity contribution in [2.45, 2.75) is 11.2 Å². The lowest BCUT2D eigenvalue weighted by atomic mass is 10.1. The van der Waals surface area contributed by atoms with Crippen LogP contribution in [0, 0.1) is 0 Å². The van der Waals surface area contributed by atoms with E-state index in [4.69, 9.17) is 9.88 Å². The highest BCUT2D eigenvalue weighted by Crippen LogP contribution is 2.30. The van der Waals surface area contributed by atoms with E-state index in [1.165, 1.54) is 12.0 Å². The van der Waals surface area contributed by atoms with Crippen LogP contribution in [0.4, 0.5) is 0 Å². The van der Waals surface area contributed by atoms with Crippen LogP contribution in [-0.2, 0) is 19.6 Å². The molecule has 0 spiro atoms. The molecule has 126 valence electrons. The summed E-state index contributed by atoms with van der Waals surface area (Å²) in [5.74, 6) is -0.747. The molecule has 1 heterocycles. The summed E-state index contributed by atoms with van der Waals surface area (Å²) in [5, 5.41) is 5.21. The van der Waals surface area contributed by atoms with Gasteiger partial charge in [-0.15, -0.1) is 0 Å². The molecule has 23 heavy (non-hydrogen) atoms. The summed E-state index contributed by atoms with van der Waals surface area (Å²) in [7, 11) is -1.63. The van der Waals surface area contributed by atoms with Crippen molar-refractivity contribution < 1.29 is 27.5 Å². The first kappa shape index (κ1) is 17.2. The highest BCUT2D eigenvalue weighted by atomic mass is 32.2. The Balaban J connectivity index is 2.26. The molecule has 9 heteroatoms. The average molecular weight is 342 g/mol. The number of ether oxygens (including phenoxy) is 2. The zero-order valence-corrected chi connectivity index (χ0v) is 13.6. The van der Waals surface area contributed by atoms with E-state index in [-0.39, 0.29) is 25.4 Å². The fourth-order valence-corrected chi connectivity index (χ4v) is 3.60. The minimum Gasteiger partial charge on any atom is -0.497 e. The molecule has 0 bridgehead atoms. The molecule has 1 unspecified atom stereocenters. The van der Waals surface area contributed by atoms with Crippen molar-refractivity contribution in [1.29, 1.82) is 0 Å². The van der Waals surface area contributed by atoms with Crippen molar-refractivity contribution >= 4 is 21.9 Å². The maximum atomic E-state index is 12.5.